The molecule has 1 saturated heterocycles. The largest absolute Gasteiger partial charge is 0.490 e. The smallest absolute Gasteiger partial charge is 0.119 e. The number of ether oxygens (including phenoxy) is 1. The van der Waals surface area contributed by atoms with Gasteiger partial charge in [0.15, 0.2) is 0 Å². The predicted octanol–water partition coefficient (Wildman–Crippen LogP) is 4.94. The average molecular weight is 339 g/mol. The molecule has 4 heteroatoms. The van der Waals surface area contributed by atoms with Crippen molar-refractivity contribution in [3.8, 4) is 5.75 Å². The lowest BCUT2D eigenvalue weighted by atomic mass is 10.1. The van der Waals surface area contributed by atoms with Gasteiger partial charge in [0.05, 0.1) is 5.52 Å². The Balaban J connectivity index is 1.45. The highest BCUT2D eigenvalue weighted by Crippen LogP contribution is 2.29. The minimum Gasteiger partial charge on any atom is -0.490 e. The number of nitrogens with zero attached hydrogens (tertiary/aromatic N) is 2. The summed E-state index contributed by atoms with van der Waals surface area (Å²) >= 11 is 5.92. The number of anilines is 1. The van der Waals surface area contributed by atoms with Crippen LogP contribution in [0.3, 0.4) is 0 Å². The van der Waals surface area contributed by atoms with Crippen LogP contribution in [-0.2, 0) is 0 Å². The molecular weight excluding hydrogens is 320 g/mol. The van der Waals surface area contributed by atoms with Gasteiger partial charge >= 0.3 is 0 Å². The van der Waals surface area contributed by atoms with Gasteiger partial charge in [0.25, 0.3) is 0 Å². The van der Waals surface area contributed by atoms with Gasteiger partial charge in [-0.1, -0.05) is 17.7 Å². The Morgan fingerprint density at radius 1 is 0.958 bits per heavy atom. The van der Waals surface area contributed by atoms with Crippen LogP contribution in [0.25, 0.3) is 10.9 Å². The minimum absolute atomic E-state index is 0.260. The Labute approximate surface area is 146 Å². The first-order chi connectivity index (χ1) is 11.8. The summed E-state index contributed by atoms with van der Waals surface area (Å²) in [6.07, 6.45) is 4.13. The van der Waals surface area contributed by atoms with Crippen molar-refractivity contribution in [2.45, 2.75) is 18.9 Å². The number of aromatic nitrogens is 1. The summed E-state index contributed by atoms with van der Waals surface area (Å²) in [4.78, 5) is 6.89. The van der Waals surface area contributed by atoms with Crippen LogP contribution in [0.2, 0.25) is 5.02 Å². The van der Waals surface area contributed by atoms with E-state index >= 15 is 0 Å². The number of fused-ring (bicyclic) bond motifs is 1. The van der Waals surface area contributed by atoms with Crippen molar-refractivity contribution >= 4 is 28.2 Å². The lowest BCUT2D eigenvalue weighted by molar-refractivity contribution is 0.171. The van der Waals surface area contributed by atoms with E-state index in [9.17, 15) is 0 Å². The molecule has 2 heterocycles. The van der Waals surface area contributed by atoms with Gasteiger partial charge in [0.1, 0.15) is 11.9 Å². The number of hydrogen-bond acceptors (Lipinski definition) is 3. The van der Waals surface area contributed by atoms with Crippen LogP contribution in [0.4, 0.5) is 5.69 Å². The molecule has 4 rings (SSSR count). The van der Waals surface area contributed by atoms with Crippen LogP contribution in [0.5, 0.6) is 5.75 Å². The quantitative estimate of drug-likeness (QED) is 0.676. The van der Waals surface area contributed by atoms with E-state index in [4.69, 9.17) is 16.3 Å². The first-order valence-electron chi connectivity index (χ1n) is 8.30. The summed E-state index contributed by atoms with van der Waals surface area (Å²) in [6, 6.07) is 18.1. The van der Waals surface area contributed by atoms with E-state index in [-0.39, 0.29) is 6.10 Å². The van der Waals surface area contributed by atoms with Gasteiger partial charge in [-0.25, -0.2) is 0 Å². The minimum atomic E-state index is 0.260. The molecule has 1 fully saturated rings. The summed E-state index contributed by atoms with van der Waals surface area (Å²) in [5.41, 5.74) is 2.32. The van der Waals surface area contributed by atoms with Gasteiger partial charge < -0.3 is 9.64 Å². The monoisotopic (exact) mass is 338 g/mol. The van der Waals surface area contributed by atoms with Crippen molar-refractivity contribution in [1.29, 1.82) is 0 Å². The van der Waals surface area contributed by atoms with E-state index in [1.165, 1.54) is 11.1 Å². The molecule has 0 unspecified atom stereocenters. The highest BCUT2D eigenvalue weighted by molar-refractivity contribution is 6.30. The molecular formula is C20H19ClN2O. The fourth-order valence-corrected chi connectivity index (χ4v) is 3.41. The third-order valence-electron chi connectivity index (χ3n) is 4.52. The summed E-state index contributed by atoms with van der Waals surface area (Å²) in [7, 11) is 0. The summed E-state index contributed by atoms with van der Waals surface area (Å²) < 4.78 is 6.08. The SMILES string of the molecule is Clc1ccc(OC2CCN(c3cccc4ncccc34)CC2)cc1. The van der Waals surface area contributed by atoms with Crippen molar-refractivity contribution in [2.24, 2.45) is 0 Å². The third-order valence-corrected chi connectivity index (χ3v) is 4.77. The van der Waals surface area contributed by atoms with Crippen LogP contribution < -0.4 is 9.64 Å². The zero-order chi connectivity index (χ0) is 16.4. The van der Waals surface area contributed by atoms with Crippen LogP contribution >= 0.6 is 11.6 Å². The van der Waals surface area contributed by atoms with Gasteiger partial charge in [-0.15, -0.1) is 0 Å². The van der Waals surface area contributed by atoms with Crippen LogP contribution in [0, 0.1) is 0 Å². The number of rotatable bonds is 3. The molecule has 122 valence electrons. The molecule has 0 spiro atoms. The highest BCUT2D eigenvalue weighted by atomic mass is 35.5. The predicted molar refractivity (Wildman–Crippen MR) is 99.1 cm³/mol. The fraction of sp³-hybridized carbons (Fsp3) is 0.250. The molecule has 0 aliphatic carbocycles. The number of benzene rings is 2. The Morgan fingerprint density at radius 3 is 2.54 bits per heavy atom. The van der Waals surface area contributed by atoms with Gasteiger partial charge in [-0.05, 0) is 48.5 Å². The Kier molecular flexibility index (Phi) is 4.26. The normalized spacial score (nSPS) is 15.6. The van der Waals surface area contributed by atoms with E-state index in [2.05, 4.69) is 34.1 Å². The van der Waals surface area contributed by atoms with Crippen molar-refractivity contribution in [1.82, 2.24) is 4.98 Å². The number of pyridine rings is 1. The maximum atomic E-state index is 6.08. The van der Waals surface area contributed by atoms with Crippen LogP contribution in [0.15, 0.2) is 60.8 Å². The molecule has 0 bridgehead atoms. The lowest BCUT2D eigenvalue weighted by Crippen LogP contribution is -2.38. The zero-order valence-electron chi connectivity index (χ0n) is 13.4. The number of hydrogen-bond donors (Lipinski definition) is 0. The van der Waals surface area contributed by atoms with Crippen molar-refractivity contribution in [3.63, 3.8) is 0 Å². The van der Waals surface area contributed by atoms with E-state index in [1.807, 2.05) is 36.5 Å². The summed E-state index contributed by atoms with van der Waals surface area (Å²) in [6.45, 7) is 1.98. The maximum Gasteiger partial charge on any atom is 0.119 e. The molecule has 0 saturated carbocycles. The third kappa shape index (κ3) is 3.17. The van der Waals surface area contributed by atoms with Gasteiger partial charge in [-0.3, -0.25) is 4.98 Å². The van der Waals surface area contributed by atoms with Crippen molar-refractivity contribution < 1.29 is 4.74 Å². The molecule has 1 aromatic heterocycles. The van der Waals surface area contributed by atoms with E-state index in [1.54, 1.807) is 0 Å². The second kappa shape index (κ2) is 6.70. The lowest BCUT2D eigenvalue weighted by Gasteiger charge is -2.34. The van der Waals surface area contributed by atoms with Gasteiger partial charge in [-0.2, -0.15) is 0 Å². The van der Waals surface area contributed by atoms with E-state index in [0.29, 0.717) is 0 Å². The topological polar surface area (TPSA) is 25.4 Å². The Bertz CT molecular complexity index is 821. The molecule has 3 aromatic rings. The fourth-order valence-electron chi connectivity index (χ4n) is 3.28. The van der Waals surface area contributed by atoms with Crippen LogP contribution in [-0.4, -0.2) is 24.2 Å². The van der Waals surface area contributed by atoms with E-state index < -0.39 is 0 Å². The number of halogens is 1. The average Bonchev–Trinajstić information content (AvgIpc) is 2.64. The summed E-state index contributed by atoms with van der Waals surface area (Å²) in [5.74, 6) is 0.896. The van der Waals surface area contributed by atoms with Crippen molar-refractivity contribution in [2.75, 3.05) is 18.0 Å². The van der Waals surface area contributed by atoms with Crippen LogP contribution in [0.1, 0.15) is 12.8 Å². The first kappa shape index (κ1) is 15.3. The molecule has 0 atom stereocenters. The molecule has 0 amide bonds. The first-order valence-corrected chi connectivity index (χ1v) is 8.68. The second-order valence-corrected chi connectivity index (χ2v) is 6.54. The van der Waals surface area contributed by atoms with Gasteiger partial charge in [0, 0.05) is 48.2 Å². The second-order valence-electron chi connectivity index (χ2n) is 6.11. The van der Waals surface area contributed by atoms with Gasteiger partial charge in [0.2, 0.25) is 0 Å². The maximum absolute atomic E-state index is 6.08. The molecule has 24 heavy (non-hydrogen) atoms. The van der Waals surface area contributed by atoms with E-state index in [0.717, 1.165) is 42.2 Å². The molecule has 1 aliphatic rings. The molecule has 0 N–H and O–H groups in total. The molecule has 1 aliphatic heterocycles. The highest BCUT2D eigenvalue weighted by Gasteiger charge is 2.21. The molecule has 0 radical (unpaired) electrons. The van der Waals surface area contributed by atoms with Crippen molar-refractivity contribution in [3.05, 3.63) is 65.8 Å². The number of piperidine rings is 1. The standard InChI is InChI=1S/C20H19ClN2O/c21-15-6-8-16(9-7-15)24-17-10-13-23(14-11-17)20-5-1-4-19-18(20)3-2-12-22-19/h1-9,12,17H,10-11,13-14H2. The molecule has 3 nitrogen and oxygen atoms in total. The zero-order valence-corrected chi connectivity index (χ0v) is 14.1. The molecule has 2 aromatic carbocycles. The summed E-state index contributed by atoms with van der Waals surface area (Å²) in [5, 5.41) is 1.96. The Hall–Kier alpha value is -2.26. The Morgan fingerprint density at radius 2 is 1.75 bits per heavy atom.